The maximum absolute atomic E-state index is 11.7. The first-order chi connectivity index (χ1) is 9.60. The van der Waals surface area contributed by atoms with E-state index in [0.717, 1.165) is 16.7 Å². The molecule has 0 aliphatic carbocycles. The Hall–Kier alpha value is -2.23. The lowest BCUT2D eigenvalue weighted by Gasteiger charge is -2.03. The molecular formula is C16H19NO3. The number of ether oxygens (including phenoxy) is 2. The number of esters is 1. The zero-order valence-electron chi connectivity index (χ0n) is 12.0. The molecule has 0 aliphatic heterocycles. The van der Waals surface area contributed by atoms with Gasteiger partial charge in [-0.05, 0) is 45.0 Å². The van der Waals surface area contributed by atoms with E-state index in [0.29, 0.717) is 18.9 Å². The van der Waals surface area contributed by atoms with E-state index in [1.807, 2.05) is 38.1 Å². The van der Waals surface area contributed by atoms with E-state index >= 15 is 0 Å². The third-order valence-corrected chi connectivity index (χ3v) is 2.83. The van der Waals surface area contributed by atoms with Crippen molar-refractivity contribution in [1.82, 2.24) is 4.98 Å². The van der Waals surface area contributed by atoms with Crippen LogP contribution in [0.3, 0.4) is 0 Å². The molecule has 2 rings (SSSR count). The molecule has 1 heterocycles. The predicted molar refractivity (Wildman–Crippen MR) is 79.2 cm³/mol. The number of H-pyrrole nitrogens is 1. The molecule has 0 aliphatic rings. The maximum Gasteiger partial charge on any atom is 0.354 e. The molecule has 106 valence electrons. The highest BCUT2D eigenvalue weighted by atomic mass is 16.5. The van der Waals surface area contributed by atoms with Gasteiger partial charge in [-0.25, -0.2) is 4.79 Å². The van der Waals surface area contributed by atoms with Crippen molar-refractivity contribution < 1.29 is 14.3 Å². The van der Waals surface area contributed by atoms with Crippen molar-refractivity contribution in [2.75, 3.05) is 13.2 Å². The highest BCUT2D eigenvalue weighted by Gasteiger charge is 2.10. The van der Waals surface area contributed by atoms with E-state index in [4.69, 9.17) is 9.47 Å². The van der Waals surface area contributed by atoms with Gasteiger partial charge in [0.25, 0.3) is 0 Å². The molecule has 0 spiro atoms. The van der Waals surface area contributed by atoms with Crippen LogP contribution in [-0.2, 0) is 4.74 Å². The molecule has 0 radical (unpaired) electrons. The lowest BCUT2D eigenvalue weighted by molar-refractivity contribution is 0.0520. The molecular weight excluding hydrogens is 254 g/mol. The second-order valence-electron chi connectivity index (χ2n) is 4.75. The number of hydrogen-bond acceptors (Lipinski definition) is 3. The lowest BCUT2D eigenvalue weighted by atomic mass is 10.2. The fourth-order valence-electron chi connectivity index (χ4n) is 1.82. The third-order valence-electron chi connectivity index (χ3n) is 2.83. The minimum Gasteiger partial charge on any atom is -0.489 e. The minimum absolute atomic E-state index is 0.337. The second-order valence-corrected chi connectivity index (χ2v) is 4.75. The summed E-state index contributed by atoms with van der Waals surface area (Å²) in [6.45, 7) is 6.76. The molecule has 2 aromatic rings. The van der Waals surface area contributed by atoms with Crippen molar-refractivity contribution in [2.24, 2.45) is 0 Å². The largest absolute Gasteiger partial charge is 0.489 e. The minimum atomic E-state index is -0.337. The molecule has 20 heavy (non-hydrogen) atoms. The van der Waals surface area contributed by atoms with Gasteiger partial charge in [0.1, 0.15) is 18.1 Å². The van der Waals surface area contributed by atoms with Gasteiger partial charge < -0.3 is 14.5 Å². The summed E-state index contributed by atoms with van der Waals surface area (Å²) < 4.78 is 10.6. The molecule has 4 heteroatoms. The van der Waals surface area contributed by atoms with Gasteiger partial charge in [-0.2, -0.15) is 0 Å². The molecule has 0 saturated carbocycles. The van der Waals surface area contributed by atoms with Crippen LogP contribution in [0.5, 0.6) is 5.75 Å². The predicted octanol–water partition coefficient (Wildman–Crippen LogP) is 3.69. The maximum atomic E-state index is 11.7. The Morgan fingerprint density at radius 2 is 2.10 bits per heavy atom. The highest BCUT2D eigenvalue weighted by Crippen LogP contribution is 2.22. The van der Waals surface area contributed by atoms with Crippen LogP contribution in [0.15, 0.2) is 35.9 Å². The Labute approximate surface area is 118 Å². The Bertz CT molecular complexity index is 636. The van der Waals surface area contributed by atoms with Gasteiger partial charge in [0, 0.05) is 17.0 Å². The number of aromatic amines is 1. The Kier molecular flexibility index (Phi) is 4.45. The summed E-state index contributed by atoms with van der Waals surface area (Å²) in [4.78, 5) is 14.7. The van der Waals surface area contributed by atoms with E-state index in [2.05, 4.69) is 4.98 Å². The molecule has 0 bridgehead atoms. The van der Waals surface area contributed by atoms with Crippen LogP contribution in [0.25, 0.3) is 10.9 Å². The number of benzene rings is 1. The fraction of sp³-hybridized carbons (Fsp3) is 0.312. The van der Waals surface area contributed by atoms with Crippen LogP contribution in [0, 0.1) is 0 Å². The molecule has 4 nitrogen and oxygen atoms in total. The monoisotopic (exact) mass is 273 g/mol. The zero-order valence-corrected chi connectivity index (χ0v) is 12.0. The quantitative estimate of drug-likeness (QED) is 0.667. The van der Waals surface area contributed by atoms with Gasteiger partial charge in [-0.1, -0.05) is 5.57 Å². The molecule has 0 amide bonds. The normalized spacial score (nSPS) is 10.3. The van der Waals surface area contributed by atoms with Crippen molar-refractivity contribution in [3.05, 3.63) is 41.6 Å². The van der Waals surface area contributed by atoms with Crippen LogP contribution in [0.4, 0.5) is 0 Å². The van der Waals surface area contributed by atoms with Crippen LogP contribution in [0.2, 0.25) is 0 Å². The molecule has 0 atom stereocenters. The Morgan fingerprint density at radius 3 is 2.80 bits per heavy atom. The third kappa shape index (κ3) is 3.41. The average Bonchev–Trinajstić information content (AvgIpc) is 2.81. The number of carbonyl (C=O) groups is 1. The van der Waals surface area contributed by atoms with Crippen LogP contribution in [-0.4, -0.2) is 24.2 Å². The van der Waals surface area contributed by atoms with Gasteiger partial charge in [-0.3, -0.25) is 0 Å². The first-order valence-electron chi connectivity index (χ1n) is 6.66. The van der Waals surface area contributed by atoms with Crippen molar-refractivity contribution in [3.63, 3.8) is 0 Å². The zero-order chi connectivity index (χ0) is 14.5. The number of fused-ring (bicyclic) bond motifs is 1. The van der Waals surface area contributed by atoms with Crippen LogP contribution < -0.4 is 4.74 Å². The van der Waals surface area contributed by atoms with E-state index in [9.17, 15) is 4.79 Å². The van der Waals surface area contributed by atoms with E-state index in [1.165, 1.54) is 5.57 Å². The summed E-state index contributed by atoms with van der Waals surface area (Å²) in [7, 11) is 0. The number of aromatic nitrogens is 1. The van der Waals surface area contributed by atoms with E-state index in [-0.39, 0.29) is 5.97 Å². The number of nitrogens with one attached hydrogen (secondary N) is 1. The molecule has 1 N–H and O–H groups in total. The molecule has 0 fully saturated rings. The molecule has 1 aromatic heterocycles. The Morgan fingerprint density at radius 1 is 1.30 bits per heavy atom. The first-order valence-corrected chi connectivity index (χ1v) is 6.66. The summed E-state index contributed by atoms with van der Waals surface area (Å²) in [5.74, 6) is 0.433. The molecule has 0 unspecified atom stereocenters. The van der Waals surface area contributed by atoms with E-state index < -0.39 is 0 Å². The van der Waals surface area contributed by atoms with E-state index in [1.54, 1.807) is 13.0 Å². The number of allylic oxidation sites excluding steroid dienone is 1. The van der Waals surface area contributed by atoms with Crippen LogP contribution in [0.1, 0.15) is 31.3 Å². The summed E-state index contributed by atoms with van der Waals surface area (Å²) in [6.07, 6.45) is 2.02. The average molecular weight is 273 g/mol. The topological polar surface area (TPSA) is 51.3 Å². The van der Waals surface area contributed by atoms with Gasteiger partial charge >= 0.3 is 5.97 Å². The van der Waals surface area contributed by atoms with Crippen molar-refractivity contribution in [1.29, 1.82) is 0 Å². The lowest BCUT2D eigenvalue weighted by Crippen LogP contribution is -2.04. The SMILES string of the molecule is CCOC(=O)c1cc2ccc(OCC=C(C)C)cc2[nH]1. The summed E-state index contributed by atoms with van der Waals surface area (Å²) in [6, 6.07) is 7.49. The smallest absolute Gasteiger partial charge is 0.354 e. The van der Waals surface area contributed by atoms with Gasteiger partial charge in [-0.15, -0.1) is 0 Å². The van der Waals surface area contributed by atoms with Crippen LogP contribution >= 0.6 is 0 Å². The van der Waals surface area contributed by atoms with Gasteiger partial charge in [0.15, 0.2) is 0 Å². The number of rotatable bonds is 5. The Balaban J connectivity index is 2.17. The first kappa shape index (κ1) is 14.2. The van der Waals surface area contributed by atoms with Crippen molar-refractivity contribution in [3.8, 4) is 5.75 Å². The standard InChI is InChI=1S/C16H19NO3/c1-4-19-16(18)15-9-12-5-6-13(10-14(12)17-15)20-8-7-11(2)3/h5-7,9-10,17H,4,8H2,1-3H3. The molecule has 0 saturated heterocycles. The van der Waals surface area contributed by atoms with Gasteiger partial charge in [0.2, 0.25) is 0 Å². The highest BCUT2D eigenvalue weighted by molar-refractivity contribution is 5.95. The second kappa shape index (κ2) is 6.28. The number of hydrogen-bond donors (Lipinski definition) is 1. The summed E-state index contributed by atoms with van der Waals surface area (Å²) >= 11 is 0. The summed E-state index contributed by atoms with van der Waals surface area (Å²) in [5.41, 5.74) is 2.54. The molecule has 1 aromatic carbocycles. The summed E-state index contributed by atoms with van der Waals surface area (Å²) in [5, 5.41) is 0.961. The number of carbonyl (C=O) groups excluding carboxylic acids is 1. The van der Waals surface area contributed by atoms with Crippen molar-refractivity contribution >= 4 is 16.9 Å². The fourth-order valence-corrected chi connectivity index (χ4v) is 1.82. The van der Waals surface area contributed by atoms with Crippen molar-refractivity contribution in [2.45, 2.75) is 20.8 Å². The van der Waals surface area contributed by atoms with Gasteiger partial charge in [0.05, 0.1) is 6.61 Å².